The van der Waals surface area contributed by atoms with Crippen molar-refractivity contribution in [2.24, 2.45) is 5.92 Å². The van der Waals surface area contributed by atoms with Crippen molar-refractivity contribution in [2.75, 3.05) is 24.3 Å². The Balaban J connectivity index is 2.12. The molecular formula is C18H23ClN4O2. The van der Waals surface area contributed by atoms with E-state index >= 15 is 0 Å². The molecule has 1 aromatic carbocycles. The van der Waals surface area contributed by atoms with Crippen molar-refractivity contribution >= 4 is 29.0 Å². The molecule has 0 fully saturated rings. The van der Waals surface area contributed by atoms with E-state index < -0.39 is 0 Å². The lowest BCUT2D eigenvalue weighted by Crippen LogP contribution is -2.16. The Morgan fingerprint density at radius 3 is 2.72 bits per heavy atom. The molecule has 134 valence electrons. The first-order valence-corrected chi connectivity index (χ1v) is 8.50. The van der Waals surface area contributed by atoms with Gasteiger partial charge in [-0.3, -0.25) is 4.79 Å². The minimum absolute atomic E-state index is 0.275. The number of rotatable bonds is 7. The van der Waals surface area contributed by atoms with Gasteiger partial charge in [-0.15, -0.1) is 0 Å². The number of amides is 1. The molecular weight excluding hydrogens is 340 g/mol. The van der Waals surface area contributed by atoms with Crippen molar-refractivity contribution in [3.8, 4) is 5.75 Å². The Morgan fingerprint density at radius 2 is 2.04 bits per heavy atom. The van der Waals surface area contributed by atoms with E-state index in [0.717, 1.165) is 18.5 Å². The predicted octanol–water partition coefficient (Wildman–Crippen LogP) is 4.16. The number of carbonyl (C=O) groups is 1. The minimum atomic E-state index is -0.339. The van der Waals surface area contributed by atoms with E-state index in [9.17, 15) is 4.79 Å². The van der Waals surface area contributed by atoms with Crippen LogP contribution in [0.15, 0.2) is 24.5 Å². The van der Waals surface area contributed by atoms with Crippen LogP contribution in [0.25, 0.3) is 0 Å². The fraction of sp³-hybridized carbons (Fsp3) is 0.389. The van der Waals surface area contributed by atoms with Gasteiger partial charge in [0.2, 0.25) is 0 Å². The molecule has 25 heavy (non-hydrogen) atoms. The number of nitrogens with one attached hydrogen (secondary N) is 2. The molecule has 1 amide bonds. The summed E-state index contributed by atoms with van der Waals surface area (Å²) in [5, 5.41) is 6.59. The number of carbonyl (C=O) groups excluding carboxylic acids is 1. The highest BCUT2D eigenvalue weighted by Gasteiger charge is 2.13. The summed E-state index contributed by atoms with van der Waals surface area (Å²) in [4.78, 5) is 20.7. The molecule has 0 bridgehead atoms. The molecule has 0 saturated heterocycles. The van der Waals surface area contributed by atoms with Crippen LogP contribution in [0.5, 0.6) is 5.75 Å². The summed E-state index contributed by atoms with van der Waals surface area (Å²) in [7, 11) is 1.53. The first-order valence-electron chi connectivity index (χ1n) is 8.12. The highest BCUT2D eigenvalue weighted by Crippen LogP contribution is 2.31. The second-order valence-electron chi connectivity index (χ2n) is 6.15. The largest absolute Gasteiger partial charge is 0.495 e. The van der Waals surface area contributed by atoms with Crippen LogP contribution < -0.4 is 15.4 Å². The third kappa shape index (κ3) is 5.32. The van der Waals surface area contributed by atoms with Crippen molar-refractivity contribution in [1.29, 1.82) is 0 Å². The van der Waals surface area contributed by atoms with Crippen LogP contribution in [0.3, 0.4) is 0 Å². The van der Waals surface area contributed by atoms with E-state index in [1.54, 1.807) is 18.2 Å². The third-order valence-electron chi connectivity index (χ3n) is 3.66. The SMILES string of the molecule is COc1cc(Cl)c(C)cc1NC(=O)c1cc(NCCC(C)C)ncn1. The van der Waals surface area contributed by atoms with Crippen LogP contribution in [0, 0.1) is 12.8 Å². The van der Waals surface area contributed by atoms with E-state index in [0.29, 0.717) is 28.2 Å². The molecule has 0 saturated carbocycles. The maximum Gasteiger partial charge on any atom is 0.274 e. The molecule has 0 unspecified atom stereocenters. The average Bonchev–Trinajstić information content (AvgIpc) is 2.57. The van der Waals surface area contributed by atoms with E-state index in [2.05, 4.69) is 34.4 Å². The first kappa shape index (κ1) is 19.0. The van der Waals surface area contributed by atoms with Gasteiger partial charge in [-0.05, 0) is 30.9 Å². The number of hydrogen-bond donors (Lipinski definition) is 2. The molecule has 0 aliphatic carbocycles. The smallest absolute Gasteiger partial charge is 0.274 e. The molecule has 0 radical (unpaired) electrons. The van der Waals surface area contributed by atoms with Crippen molar-refractivity contribution in [3.05, 3.63) is 40.8 Å². The zero-order chi connectivity index (χ0) is 18.4. The minimum Gasteiger partial charge on any atom is -0.495 e. The second kappa shape index (κ2) is 8.67. The highest BCUT2D eigenvalue weighted by atomic mass is 35.5. The van der Waals surface area contributed by atoms with Gasteiger partial charge in [-0.2, -0.15) is 0 Å². The normalized spacial score (nSPS) is 10.6. The van der Waals surface area contributed by atoms with Gasteiger partial charge in [0, 0.05) is 23.7 Å². The summed E-state index contributed by atoms with van der Waals surface area (Å²) in [5.74, 6) is 1.38. The van der Waals surface area contributed by atoms with Crippen LogP contribution in [-0.2, 0) is 0 Å². The summed E-state index contributed by atoms with van der Waals surface area (Å²) >= 11 is 6.09. The lowest BCUT2D eigenvalue weighted by Gasteiger charge is -2.12. The van der Waals surface area contributed by atoms with Crippen molar-refractivity contribution in [2.45, 2.75) is 27.2 Å². The van der Waals surface area contributed by atoms with E-state index in [4.69, 9.17) is 16.3 Å². The van der Waals surface area contributed by atoms with Gasteiger partial charge in [0.15, 0.2) is 0 Å². The Labute approximate surface area is 153 Å². The van der Waals surface area contributed by atoms with Gasteiger partial charge < -0.3 is 15.4 Å². The zero-order valence-electron chi connectivity index (χ0n) is 14.9. The fourth-order valence-corrected chi connectivity index (χ4v) is 2.34. The molecule has 1 heterocycles. The Morgan fingerprint density at radius 1 is 1.28 bits per heavy atom. The van der Waals surface area contributed by atoms with Gasteiger partial charge >= 0.3 is 0 Å². The monoisotopic (exact) mass is 362 g/mol. The molecule has 0 aliphatic heterocycles. The zero-order valence-corrected chi connectivity index (χ0v) is 15.6. The molecule has 1 aromatic heterocycles. The van der Waals surface area contributed by atoms with Crippen molar-refractivity contribution in [1.82, 2.24) is 9.97 Å². The molecule has 7 heteroatoms. The molecule has 0 atom stereocenters. The Kier molecular flexibility index (Phi) is 6.58. The van der Waals surface area contributed by atoms with Crippen LogP contribution in [0.1, 0.15) is 36.3 Å². The predicted molar refractivity (Wildman–Crippen MR) is 101 cm³/mol. The third-order valence-corrected chi connectivity index (χ3v) is 4.06. The van der Waals surface area contributed by atoms with E-state index in [1.165, 1.54) is 13.4 Å². The molecule has 2 N–H and O–H groups in total. The number of benzene rings is 1. The number of nitrogens with zero attached hydrogens (tertiary/aromatic N) is 2. The van der Waals surface area contributed by atoms with Gasteiger partial charge in [0.1, 0.15) is 23.6 Å². The lowest BCUT2D eigenvalue weighted by atomic mass is 10.1. The molecule has 6 nitrogen and oxygen atoms in total. The summed E-state index contributed by atoms with van der Waals surface area (Å²) in [6.07, 6.45) is 2.39. The topological polar surface area (TPSA) is 76.1 Å². The summed E-state index contributed by atoms with van der Waals surface area (Å²) in [5.41, 5.74) is 1.66. The quantitative estimate of drug-likeness (QED) is 0.773. The van der Waals surface area contributed by atoms with Crippen molar-refractivity contribution < 1.29 is 9.53 Å². The maximum atomic E-state index is 12.5. The number of anilines is 2. The summed E-state index contributed by atoms with van der Waals surface area (Å²) < 4.78 is 5.27. The second-order valence-corrected chi connectivity index (χ2v) is 6.56. The average molecular weight is 363 g/mol. The van der Waals surface area contributed by atoms with Gasteiger partial charge in [-0.25, -0.2) is 9.97 Å². The fourth-order valence-electron chi connectivity index (χ4n) is 2.18. The standard InChI is InChI=1S/C18H23ClN4O2/c1-11(2)5-6-20-17-9-15(21-10-22-17)18(24)23-14-7-12(3)13(19)8-16(14)25-4/h7-11H,5-6H2,1-4H3,(H,23,24)(H,20,21,22). The van der Waals surface area contributed by atoms with Crippen LogP contribution >= 0.6 is 11.6 Å². The van der Waals surface area contributed by atoms with Crippen molar-refractivity contribution in [3.63, 3.8) is 0 Å². The number of aryl methyl sites for hydroxylation is 1. The van der Waals surface area contributed by atoms with Gasteiger partial charge in [-0.1, -0.05) is 25.4 Å². The molecule has 0 spiro atoms. The Hall–Kier alpha value is -2.34. The molecule has 2 aromatic rings. The van der Waals surface area contributed by atoms with Gasteiger partial charge in [0.05, 0.1) is 12.8 Å². The molecule has 2 rings (SSSR count). The summed E-state index contributed by atoms with van der Waals surface area (Å²) in [6.45, 7) is 6.96. The number of methoxy groups -OCH3 is 1. The molecule has 0 aliphatic rings. The summed E-state index contributed by atoms with van der Waals surface area (Å²) in [6, 6.07) is 5.07. The number of aromatic nitrogens is 2. The van der Waals surface area contributed by atoms with Gasteiger partial charge in [0.25, 0.3) is 5.91 Å². The number of halogens is 1. The maximum absolute atomic E-state index is 12.5. The van der Waals surface area contributed by atoms with Crippen LogP contribution in [-0.4, -0.2) is 29.5 Å². The first-order chi connectivity index (χ1) is 11.9. The lowest BCUT2D eigenvalue weighted by molar-refractivity contribution is 0.102. The van der Waals surface area contributed by atoms with Crippen LogP contribution in [0.4, 0.5) is 11.5 Å². The highest BCUT2D eigenvalue weighted by molar-refractivity contribution is 6.31. The van der Waals surface area contributed by atoms with E-state index in [-0.39, 0.29) is 11.6 Å². The number of ether oxygens (including phenoxy) is 1. The van der Waals surface area contributed by atoms with E-state index in [1.807, 2.05) is 6.92 Å². The van der Waals surface area contributed by atoms with Crippen LogP contribution in [0.2, 0.25) is 5.02 Å². The Bertz CT molecular complexity index is 750. The number of hydrogen-bond acceptors (Lipinski definition) is 5.